The van der Waals surface area contributed by atoms with E-state index >= 15 is 0 Å². The quantitative estimate of drug-likeness (QED) is 0.858. The highest BCUT2D eigenvalue weighted by atomic mass is 79.9. The van der Waals surface area contributed by atoms with Crippen molar-refractivity contribution < 1.29 is 0 Å². The number of thiophene rings is 1. The van der Waals surface area contributed by atoms with Crippen LogP contribution < -0.4 is 5.73 Å². The number of hydrogen-bond acceptors (Lipinski definition) is 4. The molecular formula is C15H20BrN3S. The molecule has 0 saturated heterocycles. The van der Waals surface area contributed by atoms with Crippen LogP contribution in [0.2, 0.25) is 0 Å². The van der Waals surface area contributed by atoms with Crippen molar-refractivity contribution in [1.82, 2.24) is 9.88 Å². The zero-order valence-corrected chi connectivity index (χ0v) is 14.2. The molecule has 0 amide bonds. The van der Waals surface area contributed by atoms with Crippen LogP contribution in [-0.4, -0.2) is 23.0 Å². The Hall–Kier alpha value is -0.750. The first-order valence-corrected chi connectivity index (χ1v) is 8.37. The van der Waals surface area contributed by atoms with Gasteiger partial charge in [0.15, 0.2) is 0 Å². The second kappa shape index (κ2) is 7.31. The predicted octanol–water partition coefficient (Wildman–Crippen LogP) is 3.82. The molecule has 0 aliphatic heterocycles. The van der Waals surface area contributed by atoms with Crippen LogP contribution in [0.5, 0.6) is 0 Å². The molecule has 2 N–H and O–H groups in total. The summed E-state index contributed by atoms with van der Waals surface area (Å²) < 4.78 is 1.14. The van der Waals surface area contributed by atoms with Gasteiger partial charge in [0.05, 0.1) is 6.04 Å². The summed E-state index contributed by atoms with van der Waals surface area (Å²) in [7, 11) is 2.13. The minimum Gasteiger partial charge on any atom is -0.326 e. The van der Waals surface area contributed by atoms with Gasteiger partial charge in [-0.2, -0.15) is 0 Å². The number of aromatic nitrogens is 1. The third kappa shape index (κ3) is 3.88. The standard InChI is InChI=1S/C15H20BrN3S/c1-3-14(17)15(11-4-6-18-7-5-11)19(2)9-13-8-12(16)10-20-13/h4-8,10,14-15H,3,9,17H2,1-2H3. The van der Waals surface area contributed by atoms with Crippen LogP contribution in [0.25, 0.3) is 0 Å². The number of rotatable bonds is 6. The summed E-state index contributed by atoms with van der Waals surface area (Å²) in [4.78, 5) is 7.75. The highest BCUT2D eigenvalue weighted by molar-refractivity contribution is 9.10. The van der Waals surface area contributed by atoms with Crippen LogP contribution in [0.15, 0.2) is 40.4 Å². The zero-order valence-electron chi connectivity index (χ0n) is 11.8. The molecule has 0 bridgehead atoms. The van der Waals surface area contributed by atoms with Crippen molar-refractivity contribution in [2.24, 2.45) is 5.73 Å². The highest BCUT2D eigenvalue weighted by Crippen LogP contribution is 2.27. The topological polar surface area (TPSA) is 42.1 Å². The molecule has 0 radical (unpaired) electrons. The lowest BCUT2D eigenvalue weighted by atomic mass is 9.97. The number of nitrogens with two attached hydrogens (primary N) is 1. The fourth-order valence-electron chi connectivity index (χ4n) is 2.39. The van der Waals surface area contributed by atoms with Gasteiger partial charge in [-0.3, -0.25) is 9.88 Å². The normalized spacial score (nSPS) is 14.4. The van der Waals surface area contributed by atoms with Crippen LogP contribution in [0.3, 0.4) is 0 Å². The van der Waals surface area contributed by atoms with Crippen LogP contribution in [0.4, 0.5) is 0 Å². The maximum atomic E-state index is 6.34. The van der Waals surface area contributed by atoms with E-state index in [0.29, 0.717) is 0 Å². The van der Waals surface area contributed by atoms with Gasteiger partial charge in [0.1, 0.15) is 0 Å². The molecule has 2 atom stereocenters. The molecule has 5 heteroatoms. The predicted molar refractivity (Wildman–Crippen MR) is 88.7 cm³/mol. The summed E-state index contributed by atoms with van der Waals surface area (Å²) in [6.45, 7) is 3.03. The maximum Gasteiger partial charge on any atom is 0.0501 e. The van der Waals surface area contributed by atoms with Gasteiger partial charge < -0.3 is 5.73 Å². The van der Waals surface area contributed by atoms with E-state index in [9.17, 15) is 0 Å². The van der Waals surface area contributed by atoms with Crippen molar-refractivity contribution in [3.05, 3.63) is 50.9 Å². The van der Waals surface area contributed by atoms with Gasteiger partial charge in [-0.25, -0.2) is 0 Å². The Labute approximate surface area is 133 Å². The first kappa shape index (κ1) is 15.6. The van der Waals surface area contributed by atoms with Crippen molar-refractivity contribution in [3.8, 4) is 0 Å². The third-order valence-corrected chi connectivity index (χ3v) is 5.11. The molecule has 2 heterocycles. The molecule has 20 heavy (non-hydrogen) atoms. The minimum atomic E-state index is 0.116. The van der Waals surface area contributed by atoms with Crippen LogP contribution in [0, 0.1) is 0 Å². The average Bonchev–Trinajstić information content (AvgIpc) is 2.85. The molecule has 2 unspecified atom stereocenters. The van der Waals surface area contributed by atoms with Gasteiger partial charge in [0.25, 0.3) is 0 Å². The van der Waals surface area contributed by atoms with Gasteiger partial charge in [0, 0.05) is 39.7 Å². The lowest BCUT2D eigenvalue weighted by Gasteiger charge is -2.32. The van der Waals surface area contributed by atoms with Crippen molar-refractivity contribution in [2.75, 3.05) is 7.05 Å². The molecule has 2 aromatic heterocycles. The number of pyridine rings is 1. The highest BCUT2D eigenvalue weighted by Gasteiger charge is 2.23. The molecule has 0 aliphatic rings. The van der Waals surface area contributed by atoms with Crippen molar-refractivity contribution >= 4 is 27.3 Å². The summed E-state index contributed by atoms with van der Waals surface area (Å²) in [5, 5.41) is 2.12. The summed E-state index contributed by atoms with van der Waals surface area (Å²) in [6, 6.07) is 6.61. The molecular weight excluding hydrogens is 334 g/mol. The van der Waals surface area contributed by atoms with Crippen LogP contribution in [-0.2, 0) is 6.54 Å². The Morgan fingerprint density at radius 3 is 2.65 bits per heavy atom. The number of nitrogens with zero attached hydrogens (tertiary/aromatic N) is 2. The summed E-state index contributed by atoms with van der Waals surface area (Å²) in [5.74, 6) is 0. The largest absolute Gasteiger partial charge is 0.326 e. The molecule has 0 spiro atoms. The van der Waals surface area contributed by atoms with E-state index in [1.54, 1.807) is 11.3 Å². The van der Waals surface area contributed by atoms with Crippen molar-refractivity contribution in [2.45, 2.75) is 32.0 Å². The Balaban J connectivity index is 2.18. The summed E-state index contributed by atoms with van der Waals surface area (Å²) >= 11 is 5.27. The summed E-state index contributed by atoms with van der Waals surface area (Å²) in [5.41, 5.74) is 7.57. The maximum absolute atomic E-state index is 6.34. The Morgan fingerprint density at radius 2 is 2.10 bits per heavy atom. The van der Waals surface area contributed by atoms with E-state index in [4.69, 9.17) is 5.73 Å². The molecule has 0 saturated carbocycles. The lowest BCUT2D eigenvalue weighted by Crippen LogP contribution is -2.38. The van der Waals surface area contributed by atoms with Gasteiger partial charge in [-0.15, -0.1) is 11.3 Å². The monoisotopic (exact) mass is 353 g/mol. The lowest BCUT2D eigenvalue weighted by molar-refractivity contribution is 0.203. The van der Waals surface area contributed by atoms with Crippen molar-refractivity contribution in [3.63, 3.8) is 0 Å². The Kier molecular flexibility index (Phi) is 5.72. The first-order valence-electron chi connectivity index (χ1n) is 6.70. The van der Waals surface area contributed by atoms with E-state index in [-0.39, 0.29) is 12.1 Å². The second-order valence-electron chi connectivity index (χ2n) is 4.94. The molecule has 2 aromatic rings. The molecule has 0 fully saturated rings. The molecule has 3 nitrogen and oxygen atoms in total. The SMILES string of the molecule is CCC(N)C(c1ccncc1)N(C)Cc1cc(Br)cs1. The van der Waals surface area contributed by atoms with Gasteiger partial charge in [0.2, 0.25) is 0 Å². The fraction of sp³-hybridized carbons (Fsp3) is 0.400. The molecule has 108 valence electrons. The number of halogens is 1. The van der Waals surface area contributed by atoms with E-state index in [1.807, 2.05) is 12.4 Å². The average molecular weight is 354 g/mol. The number of likely N-dealkylation sites (N-methyl/N-ethyl adjacent to an activating group) is 1. The smallest absolute Gasteiger partial charge is 0.0501 e. The fourth-order valence-corrected chi connectivity index (χ4v) is 3.91. The van der Waals surface area contributed by atoms with E-state index in [0.717, 1.165) is 17.4 Å². The third-order valence-electron chi connectivity index (χ3n) is 3.43. The summed E-state index contributed by atoms with van der Waals surface area (Å²) in [6.07, 6.45) is 4.62. The van der Waals surface area contributed by atoms with E-state index in [1.165, 1.54) is 10.4 Å². The van der Waals surface area contributed by atoms with E-state index < -0.39 is 0 Å². The number of hydrogen-bond donors (Lipinski definition) is 1. The second-order valence-corrected chi connectivity index (χ2v) is 6.86. The van der Waals surface area contributed by atoms with Crippen LogP contribution in [0.1, 0.15) is 29.8 Å². The van der Waals surface area contributed by atoms with Gasteiger partial charge in [-0.1, -0.05) is 6.92 Å². The van der Waals surface area contributed by atoms with E-state index in [2.05, 4.69) is 63.4 Å². The zero-order chi connectivity index (χ0) is 14.5. The minimum absolute atomic E-state index is 0.116. The first-order chi connectivity index (χ1) is 9.61. The molecule has 0 aliphatic carbocycles. The van der Waals surface area contributed by atoms with Gasteiger partial charge in [-0.05, 0) is 53.2 Å². The Morgan fingerprint density at radius 1 is 1.40 bits per heavy atom. The van der Waals surface area contributed by atoms with Crippen LogP contribution >= 0.6 is 27.3 Å². The molecule has 0 aromatic carbocycles. The molecule has 2 rings (SSSR count). The Bertz CT molecular complexity index is 529. The van der Waals surface area contributed by atoms with Crippen molar-refractivity contribution in [1.29, 1.82) is 0 Å². The van der Waals surface area contributed by atoms with Gasteiger partial charge >= 0.3 is 0 Å².